The number of aliphatic hydroxyl groups is 3. The molecule has 3 aromatic carbocycles. The molecule has 0 saturated carbocycles. The Morgan fingerprint density at radius 2 is 1.59 bits per heavy atom. The van der Waals surface area contributed by atoms with E-state index in [0.29, 0.717) is 50.5 Å². The molecule has 1 fully saturated rings. The molecule has 0 radical (unpaired) electrons. The summed E-state index contributed by atoms with van der Waals surface area (Å²) in [5.74, 6) is 1.62. The Morgan fingerprint density at radius 3 is 2.35 bits per heavy atom. The maximum atomic E-state index is 13.1. The lowest BCUT2D eigenvalue weighted by atomic mass is 9.89. The number of aliphatic hydroxyl groups excluding tert-OH is 3. The van der Waals surface area contributed by atoms with E-state index in [4.69, 9.17) is 33.2 Å². The Bertz CT molecular complexity index is 1400. The molecule has 1 saturated heterocycles. The van der Waals surface area contributed by atoms with Crippen molar-refractivity contribution in [2.24, 2.45) is 0 Å². The lowest BCUT2D eigenvalue weighted by Crippen LogP contribution is -2.54. The molecule has 3 heterocycles. The van der Waals surface area contributed by atoms with Gasteiger partial charge in [-0.2, -0.15) is 0 Å². The van der Waals surface area contributed by atoms with Crippen molar-refractivity contribution < 1.29 is 53.3 Å². The second kappa shape index (κ2) is 8.96. The van der Waals surface area contributed by atoms with Crippen LogP contribution >= 0.6 is 0 Å². The van der Waals surface area contributed by atoms with Crippen molar-refractivity contribution in [3.63, 3.8) is 0 Å². The zero-order valence-electron chi connectivity index (χ0n) is 19.9. The predicted molar refractivity (Wildman–Crippen MR) is 126 cm³/mol. The molecule has 3 aliphatic rings. The van der Waals surface area contributed by atoms with Gasteiger partial charge in [0, 0.05) is 16.5 Å². The van der Waals surface area contributed by atoms with Crippen molar-refractivity contribution in [3.05, 3.63) is 41.5 Å². The Kier molecular flexibility index (Phi) is 5.72. The number of methoxy groups -OCH3 is 2. The number of carbonyl (C=O) groups is 1. The molecular weight excluding hydrogens is 488 g/mol. The third kappa shape index (κ3) is 3.70. The fourth-order valence-electron chi connectivity index (χ4n) is 4.89. The highest BCUT2D eigenvalue weighted by Crippen LogP contribution is 2.49. The third-order valence-electron chi connectivity index (χ3n) is 6.76. The molecule has 0 aromatic heterocycles. The van der Waals surface area contributed by atoms with Crippen molar-refractivity contribution >= 4 is 16.7 Å². The van der Waals surface area contributed by atoms with Crippen molar-refractivity contribution in [1.82, 2.24) is 0 Å². The lowest BCUT2D eigenvalue weighted by Gasteiger charge is -2.35. The highest BCUT2D eigenvalue weighted by molar-refractivity contribution is 6.14. The Labute approximate surface area is 210 Å². The Morgan fingerprint density at radius 1 is 0.865 bits per heavy atom. The SMILES string of the molecule is COc1cc2c(OC3OCC(O)C(O)C3O)c3c(c(-c4ccc5c(c4)OCO5)c2cc1OC)C(=O)OC3. The monoisotopic (exact) mass is 512 g/mol. The van der Waals surface area contributed by atoms with E-state index < -0.39 is 30.6 Å². The summed E-state index contributed by atoms with van der Waals surface area (Å²) < 4.78 is 39.1. The summed E-state index contributed by atoms with van der Waals surface area (Å²) in [6, 6.07) is 8.79. The van der Waals surface area contributed by atoms with Crippen molar-refractivity contribution in [2.45, 2.75) is 31.2 Å². The van der Waals surface area contributed by atoms with Crippen LogP contribution in [0.2, 0.25) is 0 Å². The predicted octanol–water partition coefficient (Wildman–Crippen LogP) is 1.74. The van der Waals surface area contributed by atoms with E-state index in [1.165, 1.54) is 14.2 Å². The maximum Gasteiger partial charge on any atom is 0.339 e. The van der Waals surface area contributed by atoms with Crippen LogP contribution in [0.25, 0.3) is 21.9 Å². The van der Waals surface area contributed by atoms with Gasteiger partial charge in [-0.3, -0.25) is 0 Å². The molecule has 0 spiro atoms. The molecule has 0 aliphatic carbocycles. The molecule has 4 atom stereocenters. The number of fused-ring (bicyclic) bond motifs is 3. The standard InChI is InChI=1S/C26H24O11/c1-31-17-6-12-13(7-18(17)32-2)24(37-26-23(29)22(28)15(27)9-34-26)14-8-33-25(30)21(14)20(12)11-3-4-16-19(5-11)36-10-35-16/h3-7,15,22-23,26-29H,8-10H2,1-2H3. The summed E-state index contributed by atoms with van der Waals surface area (Å²) in [4.78, 5) is 13.1. The first-order chi connectivity index (χ1) is 17.9. The number of ether oxygens (including phenoxy) is 7. The largest absolute Gasteiger partial charge is 0.493 e. The van der Waals surface area contributed by atoms with Gasteiger partial charge < -0.3 is 48.5 Å². The zero-order chi connectivity index (χ0) is 25.8. The minimum absolute atomic E-state index is 0.0840. The smallest absolute Gasteiger partial charge is 0.339 e. The summed E-state index contributed by atoms with van der Waals surface area (Å²) in [7, 11) is 3.00. The summed E-state index contributed by atoms with van der Waals surface area (Å²) in [5, 5.41) is 31.6. The Balaban J connectivity index is 1.61. The molecule has 0 amide bonds. The van der Waals surface area contributed by atoms with Gasteiger partial charge in [0.05, 0.1) is 26.4 Å². The number of rotatable bonds is 5. The van der Waals surface area contributed by atoms with Crippen LogP contribution in [-0.4, -0.2) is 73.5 Å². The summed E-state index contributed by atoms with van der Waals surface area (Å²) in [6.07, 6.45) is -5.59. The second-order valence-electron chi connectivity index (χ2n) is 8.82. The molecule has 0 bridgehead atoms. The minimum Gasteiger partial charge on any atom is -0.493 e. The quantitative estimate of drug-likeness (QED) is 0.430. The van der Waals surface area contributed by atoms with Crippen molar-refractivity contribution in [3.8, 4) is 39.9 Å². The average Bonchev–Trinajstić information content (AvgIpc) is 3.54. The first kappa shape index (κ1) is 23.6. The highest BCUT2D eigenvalue weighted by atomic mass is 16.7. The number of esters is 1. The van der Waals surface area contributed by atoms with Gasteiger partial charge in [0.2, 0.25) is 13.1 Å². The van der Waals surface area contributed by atoms with Gasteiger partial charge in [0.1, 0.15) is 30.7 Å². The summed E-state index contributed by atoms with van der Waals surface area (Å²) in [5.41, 5.74) is 1.96. The van der Waals surface area contributed by atoms with Crippen molar-refractivity contribution in [2.75, 3.05) is 27.6 Å². The van der Waals surface area contributed by atoms with E-state index in [2.05, 4.69) is 0 Å². The normalized spacial score (nSPS) is 24.1. The van der Waals surface area contributed by atoms with Gasteiger partial charge in [0.15, 0.2) is 23.0 Å². The summed E-state index contributed by atoms with van der Waals surface area (Å²) in [6.45, 7) is -0.230. The zero-order valence-corrected chi connectivity index (χ0v) is 19.9. The molecule has 6 rings (SSSR count). The van der Waals surface area contributed by atoms with Crippen LogP contribution in [0.3, 0.4) is 0 Å². The van der Waals surface area contributed by atoms with Crippen LogP contribution in [0.5, 0.6) is 28.7 Å². The topological polar surface area (TPSA) is 142 Å². The number of hydrogen-bond donors (Lipinski definition) is 3. The van der Waals surface area contributed by atoms with Crippen LogP contribution in [0.4, 0.5) is 0 Å². The molecule has 4 unspecified atom stereocenters. The molecule has 3 aliphatic heterocycles. The van der Waals surface area contributed by atoms with Crippen LogP contribution in [0.1, 0.15) is 15.9 Å². The lowest BCUT2D eigenvalue weighted by molar-refractivity contribution is -0.241. The van der Waals surface area contributed by atoms with Gasteiger partial charge in [-0.05, 0) is 35.2 Å². The van der Waals surface area contributed by atoms with Gasteiger partial charge in [-0.25, -0.2) is 4.79 Å². The molecule has 194 valence electrons. The Hall–Kier alpha value is -3.77. The van der Waals surface area contributed by atoms with E-state index in [1.54, 1.807) is 24.3 Å². The van der Waals surface area contributed by atoms with Crippen LogP contribution < -0.4 is 23.7 Å². The molecule has 37 heavy (non-hydrogen) atoms. The van der Waals surface area contributed by atoms with E-state index in [0.717, 1.165) is 0 Å². The number of hydrogen-bond acceptors (Lipinski definition) is 11. The maximum absolute atomic E-state index is 13.1. The van der Waals surface area contributed by atoms with Crippen molar-refractivity contribution in [1.29, 1.82) is 0 Å². The minimum atomic E-state index is -1.54. The van der Waals surface area contributed by atoms with Gasteiger partial charge in [0.25, 0.3) is 0 Å². The molecular formula is C26H24O11. The number of cyclic esters (lactones) is 1. The molecule has 11 heteroatoms. The first-order valence-electron chi connectivity index (χ1n) is 11.6. The number of benzene rings is 3. The fourth-order valence-corrected chi connectivity index (χ4v) is 4.89. The fraction of sp³-hybridized carbons (Fsp3) is 0.346. The average molecular weight is 512 g/mol. The van der Waals surface area contributed by atoms with Gasteiger partial charge >= 0.3 is 5.97 Å². The van der Waals surface area contributed by atoms with Crippen LogP contribution in [-0.2, 0) is 16.1 Å². The first-order valence-corrected chi connectivity index (χ1v) is 11.6. The van der Waals surface area contributed by atoms with Crippen LogP contribution in [0.15, 0.2) is 30.3 Å². The second-order valence-corrected chi connectivity index (χ2v) is 8.82. The van der Waals surface area contributed by atoms with Gasteiger partial charge in [-0.15, -0.1) is 0 Å². The molecule has 3 N–H and O–H groups in total. The summed E-state index contributed by atoms with van der Waals surface area (Å²) >= 11 is 0. The van der Waals surface area contributed by atoms with E-state index in [1.807, 2.05) is 6.07 Å². The van der Waals surface area contributed by atoms with E-state index >= 15 is 0 Å². The molecule has 11 nitrogen and oxygen atoms in total. The van der Waals surface area contributed by atoms with Crippen LogP contribution in [0, 0.1) is 0 Å². The van der Waals surface area contributed by atoms with E-state index in [9.17, 15) is 20.1 Å². The molecule has 3 aromatic rings. The van der Waals surface area contributed by atoms with Gasteiger partial charge in [-0.1, -0.05) is 6.07 Å². The third-order valence-corrected chi connectivity index (χ3v) is 6.76. The highest BCUT2D eigenvalue weighted by Gasteiger charge is 2.41. The van der Waals surface area contributed by atoms with E-state index in [-0.39, 0.29) is 31.3 Å². The number of carbonyl (C=O) groups excluding carboxylic acids is 1.